The van der Waals surface area contributed by atoms with Crippen molar-refractivity contribution in [1.29, 1.82) is 0 Å². The summed E-state index contributed by atoms with van der Waals surface area (Å²) in [7, 11) is 1.78. The van der Waals surface area contributed by atoms with Crippen LogP contribution >= 0.6 is 11.8 Å². The summed E-state index contributed by atoms with van der Waals surface area (Å²) in [6, 6.07) is 7.09. The van der Waals surface area contributed by atoms with Gasteiger partial charge in [0.25, 0.3) is 0 Å². The third-order valence-corrected chi connectivity index (χ3v) is 4.43. The number of carboxylic acid groups (broad SMARTS) is 1. The molecule has 0 aliphatic heterocycles. The Morgan fingerprint density at radius 1 is 1.25 bits per heavy atom. The second-order valence-corrected chi connectivity index (χ2v) is 5.96. The van der Waals surface area contributed by atoms with Gasteiger partial charge in [-0.25, -0.2) is 4.79 Å². The normalized spacial score (nSPS) is 12.3. The monoisotopic (exact) mass is 296 g/mol. The van der Waals surface area contributed by atoms with Crippen LogP contribution in [0.15, 0.2) is 29.2 Å². The summed E-state index contributed by atoms with van der Waals surface area (Å²) >= 11 is 1.79. The first-order valence-electron chi connectivity index (χ1n) is 7.16. The predicted molar refractivity (Wildman–Crippen MR) is 83.7 cm³/mol. The highest BCUT2D eigenvalue weighted by molar-refractivity contribution is 7.99. The van der Waals surface area contributed by atoms with E-state index in [0.717, 1.165) is 23.5 Å². The van der Waals surface area contributed by atoms with Crippen LogP contribution in [0.4, 0.5) is 0 Å². The molecule has 0 aliphatic carbocycles. The van der Waals surface area contributed by atoms with Gasteiger partial charge in [0, 0.05) is 12.0 Å². The zero-order valence-electron chi connectivity index (χ0n) is 12.3. The first kappa shape index (κ1) is 17.1. The summed E-state index contributed by atoms with van der Waals surface area (Å²) in [6.07, 6.45) is 6.26. The minimum absolute atomic E-state index is 0.347. The van der Waals surface area contributed by atoms with Gasteiger partial charge in [-0.15, -0.1) is 11.8 Å². The lowest BCUT2D eigenvalue weighted by Crippen LogP contribution is -2.08. The summed E-state index contributed by atoms with van der Waals surface area (Å²) in [5, 5.41) is 8.82. The van der Waals surface area contributed by atoms with Crippen LogP contribution in [-0.2, 0) is 4.74 Å². The number of benzene rings is 1. The Balaban J connectivity index is 2.13. The predicted octanol–water partition coefficient (Wildman–Crippen LogP) is 4.46. The van der Waals surface area contributed by atoms with Gasteiger partial charge in [-0.1, -0.05) is 19.8 Å². The van der Waals surface area contributed by atoms with Crippen LogP contribution in [0.1, 0.15) is 49.4 Å². The Kier molecular flexibility index (Phi) is 8.38. The van der Waals surface area contributed by atoms with Crippen molar-refractivity contribution in [1.82, 2.24) is 0 Å². The van der Waals surface area contributed by atoms with Crippen LogP contribution in [0.2, 0.25) is 0 Å². The molecule has 0 bridgehead atoms. The molecule has 0 saturated carbocycles. The number of aromatic carboxylic acids is 1. The summed E-state index contributed by atoms with van der Waals surface area (Å²) in [5.41, 5.74) is 0.347. The second kappa shape index (κ2) is 9.83. The maximum absolute atomic E-state index is 10.7. The number of unbranched alkanes of at least 4 members (excludes halogenated alkanes) is 2. The van der Waals surface area contributed by atoms with E-state index < -0.39 is 5.97 Å². The molecule has 1 unspecified atom stereocenters. The van der Waals surface area contributed by atoms with Crippen molar-refractivity contribution in [2.75, 3.05) is 12.9 Å². The molecule has 20 heavy (non-hydrogen) atoms. The molecule has 0 radical (unpaired) electrons. The number of carbonyl (C=O) groups is 1. The molecular weight excluding hydrogens is 272 g/mol. The fourth-order valence-corrected chi connectivity index (χ4v) is 2.94. The number of carboxylic acids is 1. The van der Waals surface area contributed by atoms with Crippen LogP contribution in [0.25, 0.3) is 0 Å². The molecule has 1 N–H and O–H groups in total. The van der Waals surface area contributed by atoms with Gasteiger partial charge in [0.05, 0.1) is 11.7 Å². The Morgan fingerprint density at radius 2 is 1.95 bits per heavy atom. The molecule has 0 spiro atoms. The Hall–Kier alpha value is -1.00. The molecule has 112 valence electrons. The number of rotatable bonds is 10. The third kappa shape index (κ3) is 6.44. The Bertz CT molecular complexity index is 385. The van der Waals surface area contributed by atoms with Crippen molar-refractivity contribution >= 4 is 17.7 Å². The molecule has 0 fully saturated rings. The molecule has 4 heteroatoms. The van der Waals surface area contributed by atoms with Crippen molar-refractivity contribution < 1.29 is 14.6 Å². The molecule has 1 aromatic rings. The van der Waals surface area contributed by atoms with E-state index >= 15 is 0 Å². The van der Waals surface area contributed by atoms with Gasteiger partial charge in [0.15, 0.2) is 0 Å². The summed E-state index contributed by atoms with van der Waals surface area (Å²) in [6.45, 7) is 2.16. The van der Waals surface area contributed by atoms with Crippen molar-refractivity contribution in [2.45, 2.75) is 50.0 Å². The van der Waals surface area contributed by atoms with E-state index in [0.29, 0.717) is 11.7 Å². The zero-order valence-corrected chi connectivity index (χ0v) is 13.1. The van der Waals surface area contributed by atoms with Crippen LogP contribution in [0.3, 0.4) is 0 Å². The lowest BCUT2D eigenvalue weighted by atomic mass is 10.1. The number of ether oxygens (including phenoxy) is 1. The van der Waals surface area contributed by atoms with Crippen LogP contribution in [0.5, 0.6) is 0 Å². The van der Waals surface area contributed by atoms with Gasteiger partial charge < -0.3 is 9.84 Å². The average molecular weight is 296 g/mol. The van der Waals surface area contributed by atoms with E-state index in [2.05, 4.69) is 6.92 Å². The van der Waals surface area contributed by atoms with Crippen LogP contribution in [-0.4, -0.2) is 30.0 Å². The van der Waals surface area contributed by atoms with Gasteiger partial charge in [0.1, 0.15) is 0 Å². The molecular formula is C16H24O3S. The minimum Gasteiger partial charge on any atom is -0.478 e. The molecule has 0 amide bonds. The van der Waals surface area contributed by atoms with E-state index in [4.69, 9.17) is 9.84 Å². The molecule has 1 rings (SSSR count). The summed E-state index contributed by atoms with van der Waals surface area (Å²) < 4.78 is 5.35. The highest BCUT2D eigenvalue weighted by Gasteiger charge is 2.04. The average Bonchev–Trinajstić information content (AvgIpc) is 2.47. The topological polar surface area (TPSA) is 46.5 Å². The van der Waals surface area contributed by atoms with Gasteiger partial charge >= 0.3 is 5.97 Å². The summed E-state index contributed by atoms with van der Waals surface area (Å²) in [4.78, 5) is 11.9. The second-order valence-electron chi connectivity index (χ2n) is 4.79. The largest absolute Gasteiger partial charge is 0.478 e. The van der Waals surface area contributed by atoms with Gasteiger partial charge in [-0.2, -0.15) is 0 Å². The number of methoxy groups -OCH3 is 1. The highest BCUT2D eigenvalue weighted by Crippen LogP contribution is 2.20. The van der Waals surface area contributed by atoms with Crippen molar-refractivity contribution in [3.63, 3.8) is 0 Å². The highest BCUT2D eigenvalue weighted by atomic mass is 32.2. The van der Waals surface area contributed by atoms with Crippen LogP contribution < -0.4 is 0 Å². The first-order valence-corrected chi connectivity index (χ1v) is 8.15. The lowest BCUT2D eigenvalue weighted by Gasteiger charge is -2.12. The number of hydrogen-bond acceptors (Lipinski definition) is 3. The molecule has 0 heterocycles. The first-order chi connectivity index (χ1) is 9.67. The molecule has 0 aromatic heterocycles. The zero-order chi connectivity index (χ0) is 14.8. The van der Waals surface area contributed by atoms with Gasteiger partial charge in [0.2, 0.25) is 0 Å². The molecule has 1 aromatic carbocycles. The molecule has 3 nitrogen and oxygen atoms in total. The smallest absolute Gasteiger partial charge is 0.335 e. The van der Waals surface area contributed by atoms with E-state index in [1.165, 1.54) is 19.3 Å². The fraction of sp³-hybridized carbons (Fsp3) is 0.562. The van der Waals surface area contributed by atoms with E-state index in [9.17, 15) is 4.79 Å². The SMILES string of the molecule is CCC(CCCCCSc1ccc(C(=O)O)cc1)OC. The van der Waals surface area contributed by atoms with Gasteiger partial charge in [-0.05, 0) is 49.3 Å². The van der Waals surface area contributed by atoms with Crippen molar-refractivity contribution in [2.24, 2.45) is 0 Å². The Labute approximate surface area is 125 Å². The van der Waals surface area contributed by atoms with E-state index in [-0.39, 0.29) is 0 Å². The quantitative estimate of drug-likeness (QED) is 0.511. The molecule has 1 atom stereocenters. The van der Waals surface area contributed by atoms with E-state index in [1.807, 2.05) is 12.1 Å². The minimum atomic E-state index is -0.870. The van der Waals surface area contributed by atoms with Crippen molar-refractivity contribution in [3.05, 3.63) is 29.8 Å². The maximum Gasteiger partial charge on any atom is 0.335 e. The number of thioether (sulfide) groups is 1. The fourth-order valence-electron chi connectivity index (χ4n) is 2.02. The lowest BCUT2D eigenvalue weighted by molar-refractivity contribution is 0.0697. The standard InChI is InChI=1S/C16H24O3S/c1-3-14(19-2)7-5-4-6-12-20-15-10-8-13(9-11-15)16(17)18/h8-11,14H,3-7,12H2,1-2H3,(H,17,18). The molecule has 0 aliphatic rings. The van der Waals surface area contributed by atoms with Crippen LogP contribution in [0, 0.1) is 0 Å². The van der Waals surface area contributed by atoms with Crippen molar-refractivity contribution in [3.8, 4) is 0 Å². The van der Waals surface area contributed by atoms with Gasteiger partial charge in [-0.3, -0.25) is 0 Å². The third-order valence-electron chi connectivity index (χ3n) is 3.33. The summed E-state index contributed by atoms with van der Waals surface area (Å²) in [5.74, 6) is 0.209. The Morgan fingerprint density at radius 3 is 2.50 bits per heavy atom. The van der Waals surface area contributed by atoms with E-state index in [1.54, 1.807) is 31.0 Å². The molecule has 0 saturated heterocycles. The number of hydrogen-bond donors (Lipinski definition) is 1. The maximum atomic E-state index is 10.7.